The Morgan fingerprint density at radius 2 is 2.11 bits per heavy atom. The highest BCUT2D eigenvalue weighted by atomic mass is 35.5. The predicted octanol–water partition coefficient (Wildman–Crippen LogP) is 3.58. The summed E-state index contributed by atoms with van der Waals surface area (Å²) in [5, 5.41) is 3.34. The van der Waals surface area contributed by atoms with E-state index in [0.717, 1.165) is 10.7 Å². The van der Waals surface area contributed by atoms with Crippen LogP contribution < -0.4 is 4.90 Å². The van der Waals surface area contributed by atoms with Crippen molar-refractivity contribution in [1.82, 2.24) is 4.98 Å². The largest absolute Gasteiger partial charge is 0.273 e. The van der Waals surface area contributed by atoms with Crippen molar-refractivity contribution in [2.45, 2.75) is 5.37 Å². The molecule has 2 heterocycles. The minimum Gasteiger partial charge on any atom is -0.273 e. The van der Waals surface area contributed by atoms with Gasteiger partial charge in [-0.2, -0.15) is 0 Å². The van der Waals surface area contributed by atoms with Crippen molar-refractivity contribution >= 4 is 45.7 Å². The van der Waals surface area contributed by atoms with E-state index in [-0.39, 0.29) is 11.3 Å². The molecule has 1 fully saturated rings. The summed E-state index contributed by atoms with van der Waals surface area (Å²) in [5.74, 6) is 0.599. The minimum atomic E-state index is 0.000849. The molecule has 1 saturated heterocycles. The third kappa shape index (κ3) is 2.13. The standard InChI is InChI=1S/C12H9ClN2OS2/c13-9-3-1-8(2-4-9)11-15(10(16)7-18-11)12-14-5-6-17-12/h1-6,11H,7H2/t11-/m0/s1. The van der Waals surface area contributed by atoms with Gasteiger partial charge in [-0.1, -0.05) is 23.7 Å². The summed E-state index contributed by atoms with van der Waals surface area (Å²) < 4.78 is 0. The zero-order valence-corrected chi connectivity index (χ0v) is 11.6. The lowest BCUT2D eigenvalue weighted by Gasteiger charge is -2.21. The first-order valence-corrected chi connectivity index (χ1v) is 7.65. The van der Waals surface area contributed by atoms with Gasteiger partial charge in [-0.15, -0.1) is 23.1 Å². The van der Waals surface area contributed by atoms with E-state index in [1.807, 2.05) is 29.6 Å². The van der Waals surface area contributed by atoms with Crippen LogP contribution in [-0.2, 0) is 4.79 Å². The summed E-state index contributed by atoms with van der Waals surface area (Å²) >= 11 is 8.98. The van der Waals surface area contributed by atoms with Crippen LogP contribution in [-0.4, -0.2) is 16.6 Å². The van der Waals surface area contributed by atoms with Gasteiger partial charge in [0.25, 0.3) is 0 Å². The van der Waals surface area contributed by atoms with E-state index in [4.69, 9.17) is 11.6 Å². The van der Waals surface area contributed by atoms with Crippen molar-refractivity contribution in [1.29, 1.82) is 0 Å². The second-order valence-electron chi connectivity index (χ2n) is 3.79. The fraction of sp³-hybridized carbons (Fsp3) is 0.167. The highest BCUT2D eigenvalue weighted by molar-refractivity contribution is 8.00. The Balaban J connectivity index is 1.96. The number of nitrogens with zero attached hydrogens (tertiary/aromatic N) is 2. The smallest absolute Gasteiger partial charge is 0.240 e. The van der Waals surface area contributed by atoms with E-state index in [0.29, 0.717) is 10.8 Å². The molecule has 18 heavy (non-hydrogen) atoms. The van der Waals surface area contributed by atoms with E-state index in [9.17, 15) is 4.79 Å². The second-order valence-corrected chi connectivity index (χ2v) is 6.17. The Morgan fingerprint density at radius 1 is 1.33 bits per heavy atom. The highest BCUT2D eigenvalue weighted by Crippen LogP contribution is 2.42. The summed E-state index contributed by atoms with van der Waals surface area (Å²) in [6.07, 6.45) is 1.72. The first-order chi connectivity index (χ1) is 8.75. The average molecular weight is 297 g/mol. The van der Waals surface area contributed by atoms with Crippen LogP contribution in [0.25, 0.3) is 0 Å². The molecule has 3 rings (SSSR count). The van der Waals surface area contributed by atoms with Gasteiger partial charge in [-0.25, -0.2) is 4.98 Å². The quantitative estimate of drug-likeness (QED) is 0.849. The summed E-state index contributed by atoms with van der Waals surface area (Å²) in [5.41, 5.74) is 1.07. The maximum Gasteiger partial charge on any atom is 0.240 e. The molecule has 1 atom stereocenters. The third-order valence-corrected chi connectivity index (χ3v) is 4.88. The number of benzene rings is 1. The van der Waals surface area contributed by atoms with Crippen LogP contribution in [0.4, 0.5) is 5.13 Å². The van der Waals surface area contributed by atoms with E-state index < -0.39 is 0 Å². The molecular formula is C12H9ClN2OS2. The Morgan fingerprint density at radius 3 is 2.78 bits per heavy atom. The number of halogens is 1. The molecule has 1 aliphatic heterocycles. The summed E-state index contributed by atoms with van der Waals surface area (Å²) in [6, 6.07) is 7.61. The van der Waals surface area contributed by atoms with Gasteiger partial charge in [0, 0.05) is 16.6 Å². The van der Waals surface area contributed by atoms with Gasteiger partial charge in [-0.3, -0.25) is 9.69 Å². The van der Waals surface area contributed by atoms with Crippen molar-refractivity contribution in [2.24, 2.45) is 0 Å². The number of anilines is 1. The molecule has 0 spiro atoms. The molecule has 0 radical (unpaired) electrons. The number of carbonyl (C=O) groups excluding carboxylic acids is 1. The van der Waals surface area contributed by atoms with E-state index in [2.05, 4.69) is 4.98 Å². The van der Waals surface area contributed by atoms with Gasteiger partial charge in [-0.05, 0) is 17.7 Å². The first kappa shape index (κ1) is 12.0. The van der Waals surface area contributed by atoms with Gasteiger partial charge in [0.05, 0.1) is 5.75 Å². The number of hydrogen-bond acceptors (Lipinski definition) is 4. The number of thiazole rings is 1. The van der Waals surface area contributed by atoms with Gasteiger partial charge in [0.15, 0.2) is 5.13 Å². The Labute approximate surface area is 118 Å². The molecule has 0 bridgehead atoms. The van der Waals surface area contributed by atoms with Gasteiger partial charge in [0.1, 0.15) is 5.37 Å². The molecule has 2 aromatic rings. The fourth-order valence-electron chi connectivity index (χ4n) is 1.84. The Bertz CT molecular complexity index is 556. The van der Waals surface area contributed by atoms with Crippen LogP contribution in [0, 0.1) is 0 Å². The van der Waals surface area contributed by atoms with Gasteiger partial charge < -0.3 is 0 Å². The summed E-state index contributed by atoms with van der Waals surface area (Å²) in [6.45, 7) is 0. The highest BCUT2D eigenvalue weighted by Gasteiger charge is 2.35. The molecular weight excluding hydrogens is 288 g/mol. The normalized spacial score (nSPS) is 19.5. The fourth-order valence-corrected chi connectivity index (χ4v) is 3.87. The molecule has 0 aliphatic carbocycles. The monoisotopic (exact) mass is 296 g/mol. The zero-order chi connectivity index (χ0) is 12.5. The number of hydrogen-bond donors (Lipinski definition) is 0. The van der Waals surface area contributed by atoms with Crippen molar-refractivity contribution in [3.8, 4) is 0 Å². The second kappa shape index (κ2) is 4.91. The number of aromatic nitrogens is 1. The lowest BCUT2D eigenvalue weighted by atomic mass is 10.2. The van der Waals surface area contributed by atoms with Crippen LogP contribution >= 0.6 is 34.7 Å². The number of thioether (sulfide) groups is 1. The molecule has 3 nitrogen and oxygen atoms in total. The van der Waals surface area contributed by atoms with Crippen LogP contribution in [0.2, 0.25) is 5.02 Å². The van der Waals surface area contributed by atoms with Crippen LogP contribution in [0.15, 0.2) is 35.8 Å². The van der Waals surface area contributed by atoms with Crippen LogP contribution in [0.1, 0.15) is 10.9 Å². The summed E-state index contributed by atoms with van der Waals surface area (Å²) in [7, 11) is 0. The lowest BCUT2D eigenvalue weighted by Crippen LogP contribution is -2.27. The molecule has 1 aromatic heterocycles. The molecule has 1 amide bonds. The number of amides is 1. The lowest BCUT2D eigenvalue weighted by molar-refractivity contribution is -0.115. The van der Waals surface area contributed by atoms with Crippen LogP contribution in [0.5, 0.6) is 0 Å². The van der Waals surface area contributed by atoms with E-state index >= 15 is 0 Å². The Hall–Kier alpha value is -1.04. The zero-order valence-electron chi connectivity index (χ0n) is 9.25. The van der Waals surface area contributed by atoms with E-state index in [1.54, 1.807) is 22.9 Å². The van der Waals surface area contributed by atoms with E-state index in [1.165, 1.54) is 11.3 Å². The predicted molar refractivity (Wildman–Crippen MR) is 76.3 cm³/mol. The van der Waals surface area contributed by atoms with Crippen molar-refractivity contribution in [3.63, 3.8) is 0 Å². The van der Waals surface area contributed by atoms with Crippen molar-refractivity contribution in [3.05, 3.63) is 46.4 Å². The molecule has 1 aliphatic rings. The van der Waals surface area contributed by atoms with Crippen molar-refractivity contribution in [2.75, 3.05) is 10.7 Å². The minimum absolute atomic E-state index is 0.000849. The van der Waals surface area contributed by atoms with Crippen molar-refractivity contribution < 1.29 is 4.79 Å². The molecule has 0 N–H and O–H groups in total. The average Bonchev–Trinajstić information content (AvgIpc) is 2.99. The molecule has 92 valence electrons. The third-order valence-electron chi connectivity index (χ3n) is 2.65. The molecule has 1 aromatic carbocycles. The number of carbonyl (C=O) groups is 1. The topological polar surface area (TPSA) is 33.2 Å². The summed E-state index contributed by atoms with van der Waals surface area (Å²) in [4.78, 5) is 18.0. The number of rotatable bonds is 2. The molecule has 0 saturated carbocycles. The molecule has 0 unspecified atom stereocenters. The van der Waals surface area contributed by atoms with Gasteiger partial charge in [0.2, 0.25) is 5.91 Å². The Kier molecular flexibility index (Phi) is 3.28. The van der Waals surface area contributed by atoms with Gasteiger partial charge >= 0.3 is 0 Å². The molecule has 6 heteroatoms. The first-order valence-electron chi connectivity index (χ1n) is 5.34. The maximum absolute atomic E-state index is 12.0. The SMILES string of the molecule is O=C1CS[C@@H](c2ccc(Cl)cc2)N1c1nccs1. The maximum atomic E-state index is 12.0. The van der Waals surface area contributed by atoms with Crippen LogP contribution in [0.3, 0.4) is 0 Å².